The first kappa shape index (κ1) is 21.0. The monoisotopic (exact) mass is 430 g/mol. The minimum atomic E-state index is 0.573. The Kier molecular flexibility index (Phi) is 6.12. The molecule has 0 bridgehead atoms. The standard InChI is InChI=1S/C26H34N6/c1-18-14-21-15-20(7-10-24(21)31-18)16-27-12-3-4-19-5-8-22(9-6-19)32(2)26-23-11-13-28-25(23)29-17-30-26/h7,10-11,13-15,17,19,22,27,31H,3-6,8-9,12,16H2,1-2H3,(H,28,29,30). The molecule has 3 N–H and O–H groups in total. The SMILES string of the molecule is Cc1cc2cc(CNCCCC3CCC(N(C)c4ncnc5[nH]ccc45)CC3)ccc2[nH]1. The lowest BCUT2D eigenvalue weighted by molar-refractivity contribution is 0.299. The average Bonchev–Trinajstić information content (AvgIpc) is 3.44. The first-order valence-electron chi connectivity index (χ1n) is 12.0. The number of benzene rings is 1. The number of aromatic nitrogens is 4. The van der Waals surface area contributed by atoms with Gasteiger partial charge in [-0.3, -0.25) is 0 Å². The Morgan fingerprint density at radius 2 is 1.97 bits per heavy atom. The lowest BCUT2D eigenvalue weighted by Gasteiger charge is -2.35. The van der Waals surface area contributed by atoms with Crippen LogP contribution in [0, 0.1) is 12.8 Å². The summed E-state index contributed by atoms with van der Waals surface area (Å²) in [5.74, 6) is 1.91. The lowest BCUT2D eigenvalue weighted by atomic mass is 9.83. The number of hydrogen-bond donors (Lipinski definition) is 3. The van der Waals surface area contributed by atoms with Crippen LogP contribution < -0.4 is 10.2 Å². The number of fused-ring (bicyclic) bond motifs is 2. The van der Waals surface area contributed by atoms with Crippen molar-refractivity contribution in [2.24, 2.45) is 5.92 Å². The molecule has 5 rings (SSSR count). The van der Waals surface area contributed by atoms with Crippen molar-refractivity contribution in [3.63, 3.8) is 0 Å². The van der Waals surface area contributed by atoms with E-state index in [9.17, 15) is 0 Å². The smallest absolute Gasteiger partial charge is 0.142 e. The van der Waals surface area contributed by atoms with Crippen LogP contribution in [0.2, 0.25) is 0 Å². The van der Waals surface area contributed by atoms with E-state index in [4.69, 9.17) is 0 Å². The van der Waals surface area contributed by atoms with Crippen molar-refractivity contribution in [2.75, 3.05) is 18.5 Å². The minimum Gasteiger partial charge on any atom is -0.359 e. The molecule has 1 aromatic carbocycles. The third-order valence-corrected chi connectivity index (χ3v) is 7.15. The maximum Gasteiger partial charge on any atom is 0.142 e. The van der Waals surface area contributed by atoms with Crippen LogP contribution in [0.4, 0.5) is 5.82 Å². The van der Waals surface area contributed by atoms with E-state index >= 15 is 0 Å². The van der Waals surface area contributed by atoms with Gasteiger partial charge >= 0.3 is 0 Å². The maximum absolute atomic E-state index is 4.57. The summed E-state index contributed by atoms with van der Waals surface area (Å²) in [7, 11) is 2.19. The molecule has 32 heavy (non-hydrogen) atoms. The van der Waals surface area contributed by atoms with Crippen molar-refractivity contribution in [1.82, 2.24) is 25.3 Å². The van der Waals surface area contributed by atoms with Crippen LogP contribution in [0.25, 0.3) is 21.9 Å². The second kappa shape index (κ2) is 9.33. The van der Waals surface area contributed by atoms with Crippen molar-refractivity contribution in [3.05, 3.63) is 54.1 Å². The van der Waals surface area contributed by atoms with Crippen molar-refractivity contribution in [3.8, 4) is 0 Å². The molecule has 6 nitrogen and oxygen atoms in total. The quantitative estimate of drug-likeness (QED) is 0.331. The summed E-state index contributed by atoms with van der Waals surface area (Å²) in [5.41, 5.74) is 4.73. The Morgan fingerprint density at radius 3 is 2.84 bits per heavy atom. The normalized spacial score (nSPS) is 19.1. The molecule has 3 heterocycles. The topological polar surface area (TPSA) is 72.6 Å². The number of rotatable bonds is 8. The molecular weight excluding hydrogens is 396 g/mol. The molecule has 6 heteroatoms. The van der Waals surface area contributed by atoms with Crippen LogP contribution in [0.15, 0.2) is 42.9 Å². The molecule has 4 aromatic rings. The largest absolute Gasteiger partial charge is 0.359 e. The van der Waals surface area contributed by atoms with E-state index in [2.05, 4.69) is 74.5 Å². The van der Waals surface area contributed by atoms with Crippen molar-refractivity contribution < 1.29 is 0 Å². The minimum absolute atomic E-state index is 0.573. The number of nitrogens with zero attached hydrogens (tertiary/aromatic N) is 3. The van der Waals surface area contributed by atoms with E-state index in [1.807, 2.05) is 6.20 Å². The zero-order chi connectivity index (χ0) is 21.9. The van der Waals surface area contributed by atoms with Crippen molar-refractivity contribution in [1.29, 1.82) is 0 Å². The Labute approximate surface area is 189 Å². The fourth-order valence-electron chi connectivity index (χ4n) is 5.32. The second-order valence-electron chi connectivity index (χ2n) is 9.42. The zero-order valence-corrected chi connectivity index (χ0v) is 19.2. The Hall–Kier alpha value is -2.86. The zero-order valence-electron chi connectivity index (χ0n) is 19.2. The number of aromatic amines is 2. The van der Waals surface area contributed by atoms with E-state index in [0.717, 1.165) is 35.9 Å². The van der Waals surface area contributed by atoms with Gasteiger partial charge in [0.25, 0.3) is 0 Å². The predicted octanol–water partition coefficient (Wildman–Crippen LogP) is 5.31. The van der Waals surface area contributed by atoms with E-state index in [1.54, 1.807) is 6.33 Å². The van der Waals surface area contributed by atoms with E-state index < -0.39 is 0 Å². The maximum atomic E-state index is 4.57. The van der Waals surface area contributed by atoms with Crippen LogP contribution in [0.3, 0.4) is 0 Å². The molecule has 0 spiro atoms. The molecule has 1 aliphatic rings. The molecule has 3 aromatic heterocycles. The van der Waals surface area contributed by atoms with Crippen LogP contribution >= 0.6 is 0 Å². The molecule has 1 aliphatic carbocycles. The summed E-state index contributed by atoms with van der Waals surface area (Å²) < 4.78 is 0. The van der Waals surface area contributed by atoms with Gasteiger partial charge in [0.15, 0.2) is 0 Å². The molecule has 0 amide bonds. The molecule has 0 aliphatic heterocycles. The number of hydrogen-bond acceptors (Lipinski definition) is 4. The number of aryl methyl sites for hydroxylation is 1. The van der Waals surface area contributed by atoms with Gasteiger partial charge in [0.1, 0.15) is 17.8 Å². The fourth-order valence-corrected chi connectivity index (χ4v) is 5.32. The van der Waals surface area contributed by atoms with Gasteiger partial charge < -0.3 is 20.2 Å². The van der Waals surface area contributed by atoms with Gasteiger partial charge in [-0.05, 0) is 93.1 Å². The van der Waals surface area contributed by atoms with E-state index in [1.165, 1.54) is 60.7 Å². The summed E-state index contributed by atoms with van der Waals surface area (Å²) in [4.78, 5) is 17.9. The average molecular weight is 431 g/mol. The van der Waals surface area contributed by atoms with Gasteiger partial charge in [0.05, 0.1) is 5.39 Å². The van der Waals surface area contributed by atoms with Gasteiger partial charge in [-0.15, -0.1) is 0 Å². The second-order valence-corrected chi connectivity index (χ2v) is 9.42. The van der Waals surface area contributed by atoms with Gasteiger partial charge in [-0.25, -0.2) is 9.97 Å². The number of anilines is 1. The third-order valence-electron chi connectivity index (χ3n) is 7.15. The molecule has 0 unspecified atom stereocenters. The molecule has 0 saturated heterocycles. The number of nitrogens with one attached hydrogen (secondary N) is 3. The summed E-state index contributed by atoms with van der Waals surface area (Å²) in [5, 5.41) is 6.07. The van der Waals surface area contributed by atoms with Gasteiger partial charge in [0, 0.05) is 37.0 Å². The van der Waals surface area contributed by atoms with Crippen LogP contribution in [-0.2, 0) is 6.54 Å². The van der Waals surface area contributed by atoms with Gasteiger partial charge in [-0.2, -0.15) is 0 Å². The Morgan fingerprint density at radius 1 is 1.09 bits per heavy atom. The lowest BCUT2D eigenvalue weighted by Crippen LogP contribution is -2.36. The summed E-state index contributed by atoms with van der Waals surface area (Å²) in [6, 6.07) is 11.6. The molecule has 0 atom stereocenters. The highest BCUT2D eigenvalue weighted by atomic mass is 15.2. The van der Waals surface area contributed by atoms with Gasteiger partial charge in [0.2, 0.25) is 0 Å². The highest BCUT2D eigenvalue weighted by Crippen LogP contribution is 2.33. The predicted molar refractivity (Wildman–Crippen MR) is 132 cm³/mol. The van der Waals surface area contributed by atoms with Crippen molar-refractivity contribution >= 4 is 27.8 Å². The summed E-state index contributed by atoms with van der Waals surface area (Å²) in [6.45, 7) is 4.15. The number of H-pyrrole nitrogens is 2. The molecule has 0 radical (unpaired) electrons. The molecular formula is C26H34N6. The highest BCUT2D eigenvalue weighted by Gasteiger charge is 2.25. The summed E-state index contributed by atoms with van der Waals surface area (Å²) >= 11 is 0. The third kappa shape index (κ3) is 4.51. The molecule has 168 valence electrons. The van der Waals surface area contributed by atoms with Crippen LogP contribution in [0.5, 0.6) is 0 Å². The Balaban J connectivity index is 1.04. The highest BCUT2D eigenvalue weighted by molar-refractivity contribution is 5.87. The first-order chi connectivity index (χ1) is 15.7. The first-order valence-corrected chi connectivity index (χ1v) is 12.0. The van der Waals surface area contributed by atoms with Crippen LogP contribution in [-0.4, -0.2) is 39.6 Å². The van der Waals surface area contributed by atoms with Gasteiger partial charge in [-0.1, -0.05) is 6.07 Å². The fraction of sp³-hybridized carbons (Fsp3) is 0.462. The van der Waals surface area contributed by atoms with Crippen LogP contribution in [0.1, 0.15) is 49.8 Å². The molecule has 1 saturated carbocycles. The summed E-state index contributed by atoms with van der Waals surface area (Å²) in [6.07, 6.45) is 11.3. The Bertz CT molecular complexity index is 1170. The molecule has 1 fully saturated rings. The van der Waals surface area contributed by atoms with Crippen molar-refractivity contribution in [2.45, 2.75) is 58.0 Å². The van der Waals surface area contributed by atoms with E-state index in [0.29, 0.717) is 6.04 Å². The van der Waals surface area contributed by atoms with E-state index in [-0.39, 0.29) is 0 Å².